The summed E-state index contributed by atoms with van der Waals surface area (Å²) in [5, 5.41) is 13.8. The fraction of sp³-hybridized carbons (Fsp3) is 0.357. The van der Waals surface area contributed by atoms with Crippen LogP contribution in [0.4, 0.5) is 0 Å². The van der Waals surface area contributed by atoms with E-state index in [1.54, 1.807) is 37.3 Å². The van der Waals surface area contributed by atoms with E-state index < -0.39 is 30.4 Å². The number of benzene rings is 1. The van der Waals surface area contributed by atoms with Crippen molar-refractivity contribution in [1.29, 1.82) is 0 Å². The van der Waals surface area contributed by atoms with Crippen LogP contribution >= 0.6 is 0 Å². The number of esters is 1. The molecule has 1 atom stereocenters. The van der Waals surface area contributed by atoms with E-state index in [0.29, 0.717) is 5.56 Å². The number of nitrogens with one attached hydrogen (secondary N) is 2. The highest BCUT2D eigenvalue weighted by Gasteiger charge is 2.21. The van der Waals surface area contributed by atoms with E-state index in [1.807, 2.05) is 0 Å². The standard InChI is InChI=1S/C14H18N2O5/c1-2-21-12(18)8-15-14(20)11(9-17)16-13(19)10-6-4-3-5-7-10/h3-7,11,17H,2,8-9H2,1H3,(H,15,20)(H,16,19)/t11-/m0/s1. The fourth-order valence-electron chi connectivity index (χ4n) is 1.52. The van der Waals surface area contributed by atoms with Gasteiger partial charge in [-0.2, -0.15) is 0 Å². The quantitative estimate of drug-likeness (QED) is 0.586. The number of rotatable bonds is 7. The predicted octanol–water partition coefficient (Wildman–Crippen LogP) is -0.543. The molecule has 7 nitrogen and oxygen atoms in total. The van der Waals surface area contributed by atoms with Gasteiger partial charge in [0.2, 0.25) is 5.91 Å². The highest BCUT2D eigenvalue weighted by Crippen LogP contribution is 1.99. The van der Waals surface area contributed by atoms with Gasteiger partial charge in [0, 0.05) is 5.56 Å². The van der Waals surface area contributed by atoms with Gasteiger partial charge in [0.1, 0.15) is 12.6 Å². The summed E-state index contributed by atoms with van der Waals surface area (Å²) in [4.78, 5) is 34.7. The number of hydrogen-bond donors (Lipinski definition) is 3. The number of amides is 2. The second-order valence-electron chi connectivity index (χ2n) is 4.10. The van der Waals surface area contributed by atoms with Crippen molar-refractivity contribution >= 4 is 17.8 Å². The molecule has 0 radical (unpaired) electrons. The molecule has 0 bridgehead atoms. The Morgan fingerprint density at radius 3 is 2.48 bits per heavy atom. The van der Waals surface area contributed by atoms with Crippen LogP contribution in [-0.4, -0.2) is 48.7 Å². The van der Waals surface area contributed by atoms with Crippen LogP contribution in [0.15, 0.2) is 30.3 Å². The van der Waals surface area contributed by atoms with Crippen LogP contribution < -0.4 is 10.6 Å². The summed E-state index contributed by atoms with van der Waals surface area (Å²) in [5.41, 5.74) is 0.370. The molecule has 1 rings (SSSR count). The van der Waals surface area contributed by atoms with E-state index in [1.165, 1.54) is 0 Å². The maximum atomic E-state index is 11.9. The lowest BCUT2D eigenvalue weighted by Crippen LogP contribution is -2.50. The van der Waals surface area contributed by atoms with Crippen molar-refractivity contribution in [3.63, 3.8) is 0 Å². The minimum atomic E-state index is -1.13. The molecule has 0 spiro atoms. The Morgan fingerprint density at radius 2 is 1.90 bits per heavy atom. The van der Waals surface area contributed by atoms with Crippen LogP contribution in [0.1, 0.15) is 17.3 Å². The maximum absolute atomic E-state index is 11.9. The third-order valence-electron chi connectivity index (χ3n) is 2.55. The largest absolute Gasteiger partial charge is 0.465 e. The predicted molar refractivity (Wildman–Crippen MR) is 74.4 cm³/mol. The maximum Gasteiger partial charge on any atom is 0.325 e. The summed E-state index contributed by atoms with van der Waals surface area (Å²) in [6.07, 6.45) is 0. The van der Waals surface area contributed by atoms with Crippen LogP contribution in [0, 0.1) is 0 Å². The highest BCUT2D eigenvalue weighted by atomic mass is 16.5. The van der Waals surface area contributed by atoms with Crippen LogP contribution in [0.3, 0.4) is 0 Å². The van der Waals surface area contributed by atoms with E-state index in [0.717, 1.165) is 0 Å². The van der Waals surface area contributed by atoms with Gasteiger partial charge in [-0.3, -0.25) is 14.4 Å². The van der Waals surface area contributed by atoms with Crippen LogP contribution in [0.25, 0.3) is 0 Å². The van der Waals surface area contributed by atoms with Gasteiger partial charge in [0.15, 0.2) is 0 Å². The van der Waals surface area contributed by atoms with Gasteiger partial charge < -0.3 is 20.5 Å². The second-order valence-corrected chi connectivity index (χ2v) is 4.10. The number of carbonyl (C=O) groups is 3. The van der Waals surface area contributed by atoms with Crippen molar-refractivity contribution in [3.8, 4) is 0 Å². The first-order valence-corrected chi connectivity index (χ1v) is 6.48. The zero-order valence-corrected chi connectivity index (χ0v) is 11.7. The molecule has 0 aromatic heterocycles. The summed E-state index contributed by atoms with van der Waals surface area (Å²) in [7, 11) is 0. The Labute approximate surface area is 122 Å². The van der Waals surface area contributed by atoms with Gasteiger partial charge >= 0.3 is 5.97 Å². The van der Waals surface area contributed by atoms with Gasteiger partial charge in [-0.1, -0.05) is 18.2 Å². The molecule has 0 saturated carbocycles. The second kappa shape index (κ2) is 8.70. The first-order chi connectivity index (χ1) is 10.1. The normalized spacial score (nSPS) is 11.3. The van der Waals surface area contributed by atoms with Gasteiger partial charge in [-0.05, 0) is 19.1 Å². The van der Waals surface area contributed by atoms with Gasteiger partial charge in [-0.15, -0.1) is 0 Å². The third-order valence-corrected chi connectivity index (χ3v) is 2.55. The molecule has 0 fully saturated rings. The lowest BCUT2D eigenvalue weighted by molar-refractivity contribution is -0.143. The number of ether oxygens (including phenoxy) is 1. The van der Waals surface area contributed by atoms with Gasteiger partial charge in [0.05, 0.1) is 13.2 Å². The molecule has 21 heavy (non-hydrogen) atoms. The molecule has 0 unspecified atom stereocenters. The molecule has 2 amide bonds. The molecule has 0 aliphatic rings. The zero-order chi connectivity index (χ0) is 15.7. The molecule has 1 aromatic rings. The average molecular weight is 294 g/mol. The lowest BCUT2D eigenvalue weighted by Gasteiger charge is -2.15. The van der Waals surface area contributed by atoms with Gasteiger partial charge in [0.25, 0.3) is 5.91 Å². The highest BCUT2D eigenvalue weighted by molar-refractivity contribution is 5.97. The van der Waals surface area contributed by atoms with E-state index in [2.05, 4.69) is 15.4 Å². The van der Waals surface area contributed by atoms with Crippen molar-refractivity contribution in [2.45, 2.75) is 13.0 Å². The first kappa shape index (κ1) is 16.6. The van der Waals surface area contributed by atoms with E-state index in [4.69, 9.17) is 5.11 Å². The average Bonchev–Trinajstić information content (AvgIpc) is 2.51. The van der Waals surface area contributed by atoms with Crippen molar-refractivity contribution in [2.24, 2.45) is 0 Å². The summed E-state index contributed by atoms with van der Waals surface area (Å²) in [6, 6.07) is 7.16. The molecule has 114 valence electrons. The topological polar surface area (TPSA) is 105 Å². The van der Waals surface area contributed by atoms with E-state index >= 15 is 0 Å². The zero-order valence-electron chi connectivity index (χ0n) is 11.7. The summed E-state index contributed by atoms with van der Waals surface area (Å²) >= 11 is 0. The molecule has 7 heteroatoms. The van der Waals surface area contributed by atoms with Crippen molar-refractivity contribution < 1.29 is 24.2 Å². The summed E-state index contributed by atoms with van der Waals surface area (Å²) in [5.74, 6) is -1.73. The number of aliphatic hydroxyl groups excluding tert-OH is 1. The van der Waals surface area contributed by atoms with Crippen molar-refractivity contribution in [3.05, 3.63) is 35.9 Å². The Balaban J connectivity index is 2.52. The fourth-order valence-corrected chi connectivity index (χ4v) is 1.52. The monoisotopic (exact) mass is 294 g/mol. The van der Waals surface area contributed by atoms with Crippen LogP contribution in [0.2, 0.25) is 0 Å². The van der Waals surface area contributed by atoms with Crippen molar-refractivity contribution in [2.75, 3.05) is 19.8 Å². The molecule has 1 aromatic carbocycles. The molecule has 0 heterocycles. The molecule has 3 N–H and O–H groups in total. The molecular formula is C14H18N2O5. The van der Waals surface area contributed by atoms with Gasteiger partial charge in [-0.25, -0.2) is 0 Å². The smallest absolute Gasteiger partial charge is 0.325 e. The summed E-state index contributed by atoms with van der Waals surface area (Å²) in [6.45, 7) is 0.969. The molecular weight excluding hydrogens is 276 g/mol. The minimum absolute atomic E-state index is 0.211. The molecule has 0 saturated heterocycles. The SMILES string of the molecule is CCOC(=O)CNC(=O)[C@H](CO)NC(=O)c1ccccc1. The van der Waals surface area contributed by atoms with E-state index in [-0.39, 0.29) is 13.2 Å². The third kappa shape index (κ3) is 5.62. The molecule has 0 aliphatic heterocycles. The lowest BCUT2D eigenvalue weighted by atomic mass is 10.2. The molecule has 0 aliphatic carbocycles. The summed E-state index contributed by atoms with van der Waals surface area (Å²) < 4.78 is 4.65. The van der Waals surface area contributed by atoms with Crippen molar-refractivity contribution in [1.82, 2.24) is 10.6 Å². The van der Waals surface area contributed by atoms with Crippen LogP contribution in [-0.2, 0) is 14.3 Å². The number of carbonyl (C=O) groups excluding carboxylic acids is 3. The Morgan fingerprint density at radius 1 is 1.24 bits per heavy atom. The number of hydrogen-bond acceptors (Lipinski definition) is 5. The number of aliphatic hydroxyl groups is 1. The van der Waals surface area contributed by atoms with Crippen LogP contribution in [0.5, 0.6) is 0 Å². The Hall–Kier alpha value is -2.41. The Bertz CT molecular complexity index is 489. The van der Waals surface area contributed by atoms with E-state index in [9.17, 15) is 14.4 Å². The minimum Gasteiger partial charge on any atom is -0.465 e. The Kier molecular flexibility index (Phi) is 6.90. The first-order valence-electron chi connectivity index (χ1n) is 6.48.